The Balaban J connectivity index is 1.44. The van der Waals surface area contributed by atoms with Gasteiger partial charge in [0, 0.05) is 6.92 Å². The van der Waals surface area contributed by atoms with Gasteiger partial charge in [-0.05, 0) is 23.3 Å². The molecule has 0 spiro atoms. The highest BCUT2D eigenvalue weighted by atomic mass is 32.2. The molecule has 9 nitrogen and oxygen atoms in total. The van der Waals surface area contributed by atoms with Crippen molar-refractivity contribution in [2.75, 3.05) is 6.61 Å². The van der Waals surface area contributed by atoms with Gasteiger partial charge in [-0.2, -0.15) is 0 Å². The van der Waals surface area contributed by atoms with Gasteiger partial charge < -0.3 is 19.9 Å². The molecule has 0 saturated carbocycles. The van der Waals surface area contributed by atoms with Crippen molar-refractivity contribution in [2.24, 2.45) is 0 Å². The van der Waals surface area contributed by atoms with Crippen LogP contribution in [0.3, 0.4) is 0 Å². The fourth-order valence-electron chi connectivity index (χ4n) is 3.93. The summed E-state index contributed by atoms with van der Waals surface area (Å²) in [6, 6.07) is 25.5. The largest absolute Gasteiger partial charge is 0.484 e. The summed E-state index contributed by atoms with van der Waals surface area (Å²) in [7, 11) is 0. The summed E-state index contributed by atoms with van der Waals surface area (Å²) in [6.07, 6.45) is -2.82. The van der Waals surface area contributed by atoms with E-state index in [2.05, 4.69) is 5.32 Å². The molecule has 2 amide bonds. The van der Waals surface area contributed by atoms with Crippen LogP contribution in [0.4, 0.5) is 0 Å². The number of benzene rings is 3. The summed E-state index contributed by atoms with van der Waals surface area (Å²) >= 11 is 0.718. The monoisotopic (exact) mass is 534 g/mol. The Kier molecular flexibility index (Phi) is 8.77. The summed E-state index contributed by atoms with van der Waals surface area (Å²) < 4.78 is 11.1. The molecule has 1 aliphatic heterocycles. The topological polar surface area (TPSA) is 122 Å². The van der Waals surface area contributed by atoms with Crippen molar-refractivity contribution in [3.05, 3.63) is 102 Å². The second-order valence-electron chi connectivity index (χ2n) is 8.40. The molecule has 1 unspecified atom stereocenters. The molecule has 3 atom stereocenters. The number of para-hydroxylation sites is 1. The van der Waals surface area contributed by atoms with Gasteiger partial charge in [-0.25, -0.2) is 4.79 Å². The van der Waals surface area contributed by atoms with E-state index in [1.807, 2.05) is 12.1 Å². The maximum absolute atomic E-state index is 13.0. The highest BCUT2D eigenvalue weighted by Gasteiger charge is 2.54. The zero-order chi connectivity index (χ0) is 27.1. The van der Waals surface area contributed by atoms with Crippen LogP contribution in [-0.2, 0) is 23.9 Å². The quantitative estimate of drug-likeness (QED) is 0.301. The third-order valence-corrected chi connectivity index (χ3v) is 6.78. The zero-order valence-corrected chi connectivity index (χ0v) is 21.2. The fraction of sp³-hybridized carbons (Fsp3) is 0.214. The SMILES string of the molecule is CC(=O)S[C@H]1[C@@H](NC(=O)COc2ccccc2)C(=O)N1C(O)C(=O)OC(c1ccccc1)c1ccccc1. The van der Waals surface area contributed by atoms with Crippen molar-refractivity contribution in [1.82, 2.24) is 10.2 Å². The minimum absolute atomic E-state index is 0.355. The molecular formula is C28H26N2O7S. The Labute approximate surface area is 223 Å². The van der Waals surface area contributed by atoms with Gasteiger partial charge in [0.1, 0.15) is 17.2 Å². The van der Waals surface area contributed by atoms with E-state index >= 15 is 0 Å². The first-order chi connectivity index (χ1) is 18.3. The lowest BCUT2D eigenvalue weighted by atomic mass is 10.0. The molecule has 3 aromatic rings. The number of carbonyl (C=O) groups is 4. The Bertz CT molecular complexity index is 1230. The summed E-state index contributed by atoms with van der Waals surface area (Å²) in [6.45, 7) is 0.931. The number of β-lactam (4-membered cyclic amide) rings is 1. The van der Waals surface area contributed by atoms with Gasteiger partial charge in [-0.1, -0.05) is 90.6 Å². The lowest BCUT2D eigenvalue weighted by Gasteiger charge is -2.47. The Hall–Kier alpha value is -4.15. The van der Waals surface area contributed by atoms with Crippen LogP contribution in [0.25, 0.3) is 0 Å². The first kappa shape index (κ1) is 26.9. The molecule has 1 aliphatic rings. The van der Waals surface area contributed by atoms with Crippen LogP contribution in [0.2, 0.25) is 0 Å². The first-order valence-corrected chi connectivity index (χ1v) is 12.7. The highest BCUT2D eigenvalue weighted by molar-refractivity contribution is 8.14. The Morgan fingerprint density at radius 3 is 1.97 bits per heavy atom. The van der Waals surface area contributed by atoms with Gasteiger partial charge in [0.15, 0.2) is 17.8 Å². The van der Waals surface area contributed by atoms with Gasteiger partial charge in [-0.3, -0.25) is 19.3 Å². The summed E-state index contributed by atoms with van der Waals surface area (Å²) in [5.41, 5.74) is 1.35. The standard InChI is InChI=1S/C28H26N2O7S/c1-18(31)38-27-23(29-22(32)17-36-21-15-9-4-10-16-21)25(33)30(27)26(34)28(35)37-24(19-11-5-2-6-12-19)20-13-7-3-8-14-20/h2-16,23-24,26-27,34H,17H2,1H3,(H,29,32)/t23-,26?,27-/m0/s1. The molecule has 0 bridgehead atoms. The van der Waals surface area contributed by atoms with Crippen LogP contribution in [0.1, 0.15) is 24.2 Å². The van der Waals surface area contributed by atoms with Gasteiger partial charge >= 0.3 is 5.97 Å². The minimum Gasteiger partial charge on any atom is -0.484 e. The molecule has 0 radical (unpaired) electrons. The lowest BCUT2D eigenvalue weighted by molar-refractivity contribution is -0.184. The molecule has 196 valence electrons. The van der Waals surface area contributed by atoms with Crippen molar-refractivity contribution in [1.29, 1.82) is 0 Å². The van der Waals surface area contributed by atoms with Gasteiger partial charge in [0.2, 0.25) is 6.23 Å². The molecule has 1 heterocycles. The van der Waals surface area contributed by atoms with E-state index in [-0.39, 0.29) is 11.7 Å². The number of nitrogens with zero attached hydrogens (tertiary/aromatic N) is 1. The molecule has 10 heteroatoms. The van der Waals surface area contributed by atoms with Gasteiger partial charge in [0.05, 0.1) is 0 Å². The van der Waals surface area contributed by atoms with E-state index in [1.54, 1.807) is 78.9 Å². The summed E-state index contributed by atoms with van der Waals surface area (Å²) in [5.74, 6) is -1.91. The average molecular weight is 535 g/mol. The Morgan fingerprint density at radius 2 is 1.45 bits per heavy atom. The number of aliphatic hydroxyl groups excluding tert-OH is 1. The normalized spacial score (nSPS) is 17.3. The predicted octanol–water partition coefficient (Wildman–Crippen LogP) is 2.65. The van der Waals surface area contributed by atoms with Crippen molar-refractivity contribution in [3.63, 3.8) is 0 Å². The number of esters is 1. The van der Waals surface area contributed by atoms with E-state index in [0.29, 0.717) is 16.9 Å². The van der Waals surface area contributed by atoms with E-state index in [0.717, 1.165) is 16.7 Å². The average Bonchev–Trinajstić information content (AvgIpc) is 2.94. The van der Waals surface area contributed by atoms with Crippen molar-refractivity contribution in [2.45, 2.75) is 30.7 Å². The molecule has 0 aromatic heterocycles. The number of likely N-dealkylation sites (tertiary alicyclic amines) is 1. The number of ether oxygens (including phenoxy) is 2. The lowest BCUT2D eigenvalue weighted by Crippen LogP contribution is -2.73. The summed E-state index contributed by atoms with van der Waals surface area (Å²) in [4.78, 5) is 51.1. The van der Waals surface area contributed by atoms with Crippen molar-refractivity contribution >= 4 is 34.7 Å². The molecule has 38 heavy (non-hydrogen) atoms. The smallest absolute Gasteiger partial charge is 0.357 e. The molecule has 1 saturated heterocycles. The molecular weight excluding hydrogens is 508 g/mol. The number of aliphatic hydroxyl groups is 1. The van der Waals surface area contributed by atoms with Gasteiger partial charge in [-0.15, -0.1) is 0 Å². The summed E-state index contributed by atoms with van der Waals surface area (Å²) in [5, 5.41) is 12.0. The second-order valence-corrected chi connectivity index (χ2v) is 9.70. The number of amides is 2. The van der Waals surface area contributed by atoms with Crippen molar-refractivity contribution in [3.8, 4) is 5.75 Å². The third-order valence-electron chi connectivity index (χ3n) is 5.71. The highest BCUT2D eigenvalue weighted by Crippen LogP contribution is 2.34. The zero-order valence-electron chi connectivity index (χ0n) is 20.4. The van der Waals surface area contributed by atoms with Crippen LogP contribution in [0, 0.1) is 0 Å². The van der Waals surface area contributed by atoms with Crippen LogP contribution in [0.5, 0.6) is 5.75 Å². The maximum Gasteiger partial charge on any atom is 0.357 e. The maximum atomic E-state index is 13.0. The number of hydrogen-bond acceptors (Lipinski definition) is 8. The first-order valence-electron chi connectivity index (χ1n) is 11.8. The van der Waals surface area contributed by atoms with Crippen LogP contribution < -0.4 is 10.1 Å². The number of thioether (sulfide) groups is 1. The predicted molar refractivity (Wildman–Crippen MR) is 140 cm³/mol. The fourth-order valence-corrected chi connectivity index (χ4v) is 4.92. The molecule has 2 N–H and O–H groups in total. The van der Waals surface area contributed by atoms with E-state index in [4.69, 9.17) is 9.47 Å². The number of carbonyl (C=O) groups excluding carboxylic acids is 4. The van der Waals surface area contributed by atoms with Crippen LogP contribution in [-0.4, -0.2) is 57.2 Å². The van der Waals surface area contributed by atoms with Crippen LogP contribution in [0.15, 0.2) is 91.0 Å². The van der Waals surface area contributed by atoms with E-state index in [1.165, 1.54) is 6.92 Å². The molecule has 4 rings (SSSR count). The number of hydrogen-bond donors (Lipinski definition) is 2. The van der Waals surface area contributed by atoms with Gasteiger partial charge in [0.25, 0.3) is 11.8 Å². The number of nitrogens with one attached hydrogen (secondary N) is 1. The van der Waals surface area contributed by atoms with Crippen LogP contribution >= 0.6 is 11.8 Å². The molecule has 0 aliphatic carbocycles. The van der Waals surface area contributed by atoms with E-state index < -0.39 is 41.5 Å². The second kappa shape index (κ2) is 12.4. The minimum atomic E-state index is -1.98. The van der Waals surface area contributed by atoms with Crippen molar-refractivity contribution < 1.29 is 33.8 Å². The molecule has 1 fully saturated rings. The molecule has 3 aromatic carbocycles. The Morgan fingerprint density at radius 1 is 0.921 bits per heavy atom. The third kappa shape index (κ3) is 6.39. The van der Waals surface area contributed by atoms with E-state index in [9.17, 15) is 24.3 Å². The number of rotatable bonds is 10.